The third-order valence-corrected chi connectivity index (χ3v) is 5.54. The molecular weight excluding hydrogens is 368 g/mol. The molecule has 4 rings (SSSR count). The predicted octanol–water partition coefficient (Wildman–Crippen LogP) is 1.27. The highest BCUT2D eigenvalue weighted by Gasteiger charge is 2.19. The van der Waals surface area contributed by atoms with E-state index in [-0.39, 0.29) is 11.5 Å². The van der Waals surface area contributed by atoms with Crippen LogP contribution in [0, 0.1) is 0 Å². The molecule has 3 aromatic rings. The molecule has 152 valence electrons. The quantitative estimate of drug-likeness (QED) is 0.681. The first-order valence-electron chi connectivity index (χ1n) is 9.96. The number of aromatic nitrogens is 3. The van der Waals surface area contributed by atoms with Crippen molar-refractivity contribution in [2.75, 3.05) is 38.1 Å². The molecule has 8 heteroatoms. The van der Waals surface area contributed by atoms with E-state index in [1.165, 1.54) is 0 Å². The van der Waals surface area contributed by atoms with Crippen molar-refractivity contribution in [2.24, 2.45) is 0 Å². The number of nitrogens with one attached hydrogen (secondary N) is 2. The van der Waals surface area contributed by atoms with Crippen molar-refractivity contribution in [3.05, 3.63) is 64.0 Å². The van der Waals surface area contributed by atoms with Gasteiger partial charge in [-0.05, 0) is 24.6 Å². The number of nitrogens with zero attached hydrogens (tertiary/aromatic N) is 4. The van der Waals surface area contributed by atoms with E-state index in [9.17, 15) is 9.59 Å². The van der Waals surface area contributed by atoms with Gasteiger partial charge in [-0.2, -0.15) is 0 Å². The van der Waals surface area contributed by atoms with Crippen LogP contribution in [0.2, 0.25) is 0 Å². The minimum absolute atomic E-state index is 0.00234. The van der Waals surface area contributed by atoms with Crippen molar-refractivity contribution >= 4 is 17.2 Å². The zero-order valence-corrected chi connectivity index (χ0v) is 16.8. The van der Waals surface area contributed by atoms with Gasteiger partial charge >= 0.3 is 0 Å². The molecule has 2 N–H and O–H groups in total. The molecule has 1 aliphatic rings. The molecule has 0 unspecified atom stereocenters. The Morgan fingerprint density at radius 1 is 1.17 bits per heavy atom. The Morgan fingerprint density at radius 2 is 1.97 bits per heavy atom. The molecule has 0 aliphatic carbocycles. The maximum atomic E-state index is 12.2. The molecule has 0 atom stereocenters. The van der Waals surface area contributed by atoms with Crippen molar-refractivity contribution < 1.29 is 4.79 Å². The van der Waals surface area contributed by atoms with Gasteiger partial charge in [-0.25, -0.2) is 4.98 Å². The van der Waals surface area contributed by atoms with Crippen molar-refractivity contribution in [3.63, 3.8) is 0 Å². The third kappa shape index (κ3) is 3.88. The van der Waals surface area contributed by atoms with Crippen LogP contribution in [0.4, 0.5) is 5.69 Å². The molecule has 0 saturated carbocycles. The summed E-state index contributed by atoms with van der Waals surface area (Å²) in [6.45, 7) is 6.42. The fourth-order valence-corrected chi connectivity index (χ4v) is 3.78. The second kappa shape index (κ2) is 8.08. The van der Waals surface area contributed by atoms with Gasteiger partial charge in [-0.3, -0.25) is 14.5 Å². The number of aryl methyl sites for hydroxylation is 1. The van der Waals surface area contributed by atoms with Gasteiger partial charge in [0, 0.05) is 63.3 Å². The Bertz CT molecular complexity index is 1060. The number of rotatable bonds is 5. The lowest BCUT2D eigenvalue weighted by atomic mass is 10.2. The Labute approximate surface area is 169 Å². The fraction of sp³-hybridized carbons (Fsp3) is 0.381. The number of hydrogen-bond donors (Lipinski definition) is 2. The molecule has 1 saturated heterocycles. The first-order valence-corrected chi connectivity index (χ1v) is 9.96. The summed E-state index contributed by atoms with van der Waals surface area (Å²) >= 11 is 0. The summed E-state index contributed by atoms with van der Waals surface area (Å²) in [7, 11) is 1.60. The Morgan fingerprint density at radius 3 is 2.62 bits per heavy atom. The van der Waals surface area contributed by atoms with Gasteiger partial charge in [-0.15, -0.1) is 0 Å². The molecule has 1 aliphatic heterocycles. The average molecular weight is 394 g/mol. The summed E-state index contributed by atoms with van der Waals surface area (Å²) in [5.41, 5.74) is 4.26. The SMILES string of the molecule is CCc1cn2ccc(CN3CCN(c4ccc(C(=O)NC)nc4)CC3)c2[nH]c1=O. The van der Waals surface area contributed by atoms with Crippen molar-refractivity contribution in [1.82, 2.24) is 24.6 Å². The van der Waals surface area contributed by atoms with Crippen LogP contribution in [0.3, 0.4) is 0 Å². The number of piperazine rings is 1. The van der Waals surface area contributed by atoms with Crippen LogP contribution in [0.5, 0.6) is 0 Å². The van der Waals surface area contributed by atoms with E-state index in [0.29, 0.717) is 5.69 Å². The van der Waals surface area contributed by atoms with Crippen LogP contribution >= 0.6 is 0 Å². The normalized spacial score (nSPS) is 15.0. The van der Waals surface area contributed by atoms with Gasteiger partial charge < -0.3 is 19.6 Å². The predicted molar refractivity (Wildman–Crippen MR) is 113 cm³/mol. The monoisotopic (exact) mass is 394 g/mol. The second-order valence-corrected chi connectivity index (χ2v) is 7.30. The van der Waals surface area contributed by atoms with E-state index in [1.807, 2.05) is 29.8 Å². The van der Waals surface area contributed by atoms with Gasteiger partial charge in [0.25, 0.3) is 11.5 Å². The molecule has 1 fully saturated rings. The van der Waals surface area contributed by atoms with Crippen LogP contribution in [-0.4, -0.2) is 58.4 Å². The van der Waals surface area contributed by atoms with Crippen LogP contribution in [0.1, 0.15) is 28.5 Å². The van der Waals surface area contributed by atoms with Crippen LogP contribution < -0.4 is 15.8 Å². The molecule has 0 aromatic carbocycles. The molecule has 8 nitrogen and oxygen atoms in total. The van der Waals surface area contributed by atoms with Gasteiger partial charge in [0.1, 0.15) is 11.3 Å². The van der Waals surface area contributed by atoms with Crippen molar-refractivity contribution in [3.8, 4) is 0 Å². The lowest BCUT2D eigenvalue weighted by molar-refractivity contribution is 0.0958. The maximum Gasteiger partial charge on any atom is 0.269 e. The Kier molecular flexibility index (Phi) is 5.35. The van der Waals surface area contributed by atoms with Crippen LogP contribution in [0.15, 0.2) is 41.6 Å². The summed E-state index contributed by atoms with van der Waals surface area (Å²) < 4.78 is 2.01. The fourth-order valence-electron chi connectivity index (χ4n) is 3.78. The van der Waals surface area contributed by atoms with Gasteiger partial charge in [0.05, 0.1) is 11.9 Å². The summed E-state index contributed by atoms with van der Waals surface area (Å²) in [5.74, 6) is -0.176. The number of carbonyl (C=O) groups is 1. The average Bonchev–Trinajstić information content (AvgIpc) is 3.14. The molecule has 3 aromatic heterocycles. The Hall–Kier alpha value is -3.13. The summed E-state index contributed by atoms with van der Waals surface area (Å²) in [6, 6.07) is 5.79. The number of anilines is 1. The smallest absolute Gasteiger partial charge is 0.269 e. The topological polar surface area (TPSA) is 85.7 Å². The highest BCUT2D eigenvalue weighted by molar-refractivity contribution is 5.92. The first-order chi connectivity index (χ1) is 14.1. The van der Waals surface area contributed by atoms with Gasteiger partial charge in [0.2, 0.25) is 0 Å². The summed E-state index contributed by atoms with van der Waals surface area (Å²) in [4.78, 5) is 35.8. The number of carbonyl (C=O) groups excluding carboxylic acids is 1. The van der Waals surface area contributed by atoms with E-state index >= 15 is 0 Å². The van der Waals surface area contributed by atoms with E-state index in [2.05, 4.69) is 31.2 Å². The number of H-pyrrole nitrogens is 1. The number of amides is 1. The number of aromatic amines is 1. The minimum atomic E-state index is -0.176. The van der Waals surface area contributed by atoms with Gasteiger partial charge in [-0.1, -0.05) is 6.92 Å². The minimum Gasteiger partial charge on any atom is -0.368 e. The Balaban J connectivity index is 1.40. The van der Waals surface area contributed by atoms with E-state index in [4.69, 9.17) is 0 Å². The molecule has 0 bridgehead atoms. The summed E-state index contributed by atoms with van der Waals surface area (Å²) in [6.07, 6.45) is 6.41. The lowest BCUT2D eigenvalue weighted by Crippen LogP contribution is -2.46. The molecule has 0 radical (unpaired) electrons. The molecule has 0 spiro atoms. The molecule has 29 heavy (non-hydrogen) atoms. The lowest BCUT2D eigenvalue weighted by Gasteiger charge is -2.35. The van der Waals surface area contributed by atoms with Crippen molar-refractivity contribution in [1.29, 1.82) is 0 Å². The maximum absolute atomic E-state index is 12.2. The standard InChI is InChI=1S/C21H26N6O2/c1-3-15-14-27-7-6-16(19(27)24-20(15)28)13-25-8-10-26(11-9-25)17-4-5-18(23-12-17)21(29)22-2/h4-7,12,14H,3,8-11,13H2,1-2H3,(H,22,29)(H,24,28). The molecule has 4 heterocycles. The largest absolute Gasteiger partial charge is 0.368 e. The number of fused-ring (bicyclic) bond motifs is 1. The van der Waals surface area contributed by atoms with Crippen molar-refractivity contribution in [2.45, 2.75) is 19.9 Å². The van der Waals surface area contributed by atoms with Crippen LogP contribution in [-0.2, 0) is 13.0 Å². The number of pyridine rings is 1. The third-order valence-electron chi connectivity index (χ3n) is 5.54. The zero-order chi connectivity index (χ0) is 20.4. The van der Waals surface area contributed by atoms with E-state index < -0.39 is 0 Å². The van der Waals surface area contributed by atoms with Crippen LogP contribution in [0.25, 0.3) is 5.65 Å². The zero-order valence-electron chi connectivity index (χ0n) is 16.8. The van der Waals surface area contributed by atoms with E-state index in [1.54, 1.807) is 19.3 Å². The molecular formula is C21H26N6O2. The highest BCUT2D eigenvalue weighted by atomic mass is 16.1. The van der Waals surface area contributed by atoms with E-state index in [0.717, 1.165) is 61.6 Å². The highest BCUT2D eigenvalue weighted by Crippen LogP contribution is 2.18. The van der Waals surface area contributed by atoms with Gasteiger partial charge in [0.15, 0.2) is 0 Å². The second-order valence-electron chi connectivity index (χ2n) is 7.30. The molecule has 1 amide bonds. The summed E-state index contributed by atoms with van der Waals surface area (Å²) in [5, 5.41) is 2.58. The number of hydrogen-bond acceptors (Lipinski definition) is 5. The first kappa shape index (κ1) is 19.2.